The van der Waals surface area contributed by atoms with Crippen molar-refractivity contribution in [3.05, 3.63) is 54.6 Å². The largest absolute Gasteiger partial charge is 0.466 e. The molecule has 0 aliphatic heterocycles. The van der Waals surface area contributed by atoms with Crippen molar-refractivity contribution in [1.82, 2.24) is 0 Å². The van der Waals surface area contributed by atoms with Crippen molar-refractivity contribution >= 4 is 11.9 Å². The lowest BCUT2D eigenvalue weighted by Gasteiger charge is -2.21. The predicted octanol–water partition coefficient (Wildman–Crippen LogP) is 4.46. The molecule has 0 N–H and O–H groups in total. The normalized spacial score (nSPS) is 13.9. The summed E-state index contributed by atoms with van der Waals surface area (Å²) < 4.78 is 9.56. The van der Waals surface area contributed by atoms with Gasteiger partial charge in [-0.25, -0.2) is 9.59 Å². The van der Waals surface area contributed by atoms with E-state index in [0.717, 1.165) is 12.8 Å². The van der Waals surface area contributed by atoms with Crippen LogP contribution >= 0.6 is 0 Å². The Labute approximate surface area is 144 Å². The molecular weight excluding hydrogens is 304 g/mol. The van der Waals surface area contributed by atoms with Crippen LogP contribution in [0.3, 0.4) is 0 Å². The molecule has 1 aromatic carbocycles. The summed E-state index contributed by atoms with van der Waals surface area (Å²) >= 11 is 0. The highest BCUT2D eigenvalue weighted by molar-refractivity contribution is 5.88. The molecule has 0 amide bonds. The second-order valence-electron chi connectivity index (χ2n) is 5.83. The van der Waals surface area contributed by atoms with Gasteiger partial charge in [-0.1, -0.05) is 50.6 Å². The number of carbonyl (C=O) groups excluding carboxylic acids is 2. The van der Waals surface area contributed by atoms with E-state index in [4.69, 9.17) is 4.74 Å². The Balaban J connectivity index is 0.000000240. The van der Waals surface area contributed by atoms with Crippen LogP contribution in [0.4, 0.5) is 0 Å². The Morgan fingerprint density at radius 1 is 1.00 bits per heavy atom. The maximum atomic E-state index is 11.1. The van der Waals surface area contributed by atoms with Gasteiger partial charge in [0, 0.05) is 11.1 Å². The number of methoxy groups -OCH3 is 1. The van der Waals surface area contributed by atoms with Crippen LogP contribution < -0.4 is 4.74 Å². The van der Waals surface area contributed by atoms with Gasteiger partial charge in [-0.3, -0.25) is 0 Å². The summed E-state index contributed by atoms with van der Waals surface area (Å²) in [5, 5.41) is 0. The molecule has 4 heteroatoms. The molecular formula is C20H26O4. The topological polar surface area (TPSA) is 52.6 Å². The maximum absolute atomic E-state index is 11.1. The van der Waals surface area contributed by atoms with Gasteiger partial charge in [0.25, 0.3) is 0 Å². The van der Waals surface area contributed by atoms with Gasteiger partial charge in [-0.15, -0.1) is 0 Å². The van der Waals surface area contributed by atoms with Crippen molar-refractivity contribution in [2.45, 2.75) is 39.0 Å². The molecule has 0 unspecified atom stereocenters. The van der Waals surface area contributed by atoms with Gasteiger partial charge in [0.15, 0.2) is 0 Å². The first-order valence-corrected chi connectivity index (χ1v) is 8.15. The zero-order valence-corrected chi connectivity index (χ0v) is 14.5. The summed E-state index contributed by atoms with van der Waals surface area (Å²) in [6, 6.07) is 8.92. The quantitative estimate of drug-likeness (QED) is 0.464. The smallest absolute Gasteiger partial charge is 0.338 e. The Morgan fingerprint density at radius 2 is 1.58 bits per heavy atom. The van der Waals surface area contributed by atoms with Gasteiger partial charge in [-0.2, -0.15) is 0 Å². The third-order valence-corrected chi connectivity index (χ3v) is 3.85. The fourth-order valence-corrected chi connectivity index (χ4v) is 2.43. The minimum Gasteiger partial charge on any atom is -0.466 e. The molecule has 0 spiro atoms. The average Bonchev–Trinajstić information content (AvgIpc) is 2.62. The molecule has 0 aromatic heterocycles. The van der Waals surface area contributed by atoms with Gasteiger partial charge in [-0.05, 0) is 37.8 Å². The number of benzene rings is 1. The lowest BCUT2D eigenvalue weighted by atomic mass is 9.84. The molecule has 0 atom stereocenters. The molecule has 0 saturated heterocycles. The average molecular weight is 330 g/mol. The molecule has 1 fully saturated rings. The summed E-state index contributed by atoms with van der Waals surface area (Å²) in [5.41, 5.74) is 1.07. The lowest BCUT2D eigenvalue weighted by molar-refractivity contribution is -0.136. The standard InChI is InChI=1S/C10H16O2.C10H10O2/c1-8(10(11)12-2)9-6-4-3-5-7-9;1-8(2)10(11)12-9-6-4-3-5-7-9/h9H,1,3-7H2,2H3;3-7H,1H2,2H3. The molecule has 4 nitrogen and oxygen atoms in total. The van der Waals surface area contributed by atoms with Crippen molar-refractivity contribution in [2.24, 2.45) is 5.92 Å². The van der Waals surface area contributed by atoms with Gasteiger partial charge < -0.3 is 9.47 Å². The minimum absolute atomic E-state index is 0.234. The number of hydrogen-bond acceptors (Lipinski definition) is 4. The molecule has 0 bridgehead atoms. The number of rotatable bonds is 4. The highest BCUT2D eigenvalue weighted by atomic mass is 16.5. The van der Waals surface area contributed by atoms with Crippen LogP contribution in [-0.2, 0) is 14.3 Å². The zero-order chi connectivity index (χ0) is 17.9. The van der Waals surface area contributed by atoms with Crippen LogP contribution in [-0.4, -0.2) is 19.0 Å². The van der Waals surface area contributed by atoms with E-state index in [-0.39, 0.29) is 11.9 Å². The molecule has 1 aromatic rings. The highest BCUT2D eigenvalue weighted by Crippen LogP contribution is 2.29. The first-order valence-electron chi connectivity index (χ1n) is 8.15. The number of hydrogen-bond donors (Lipinski definition) is 0. The van der Waals surface area contributed by atoms with E-state index in [0.29, 0.717) is 22.8 Å². The fourth-order valence-electron chi connectivity index (χ4n) is 2.43. The van der Waals surface area contributed by atoms with Crippen LogP contribution in [0.5, 0.6) is 5.75 Å². The lowest BCUT2D eigenvalue weighted by Crippen LogP contribution is -2.16. The van der Waals surface area contributed by atoms with Crippen molar-refractivity contribution < 1.29 is 19.1 Å². The summed E-state index contributed by atoms with van der Waals surface area (Å²) in [6.07, 6.45) is 5.95. The second kappa shape index (κ2) is 10.4. The van der Waals surface area contributed by atoms with E-state index in [1.807, 2.05) is 6.07 Å². The first-order chi connectivity index (χ1) is 11.5. The van der Waals surface area contributed by atoms with Gasteiger partial charge >= 0.3 is 11.9 Å². The molecule has 1 saturated carbocycles. The summed E-state index contributed by atoms with van der Waals surface area (Å²) in [4.78, 5) is 22.1. The third-order valence-electron chi connectivity index (χ3n) is 3.85. The molecule has 0 radical (unpaired) electrons. The minimum atomic E-state index is -0.388. The van der Waals surface area contributed by atoms with E-state index in [1.54, 1.807) is 31.2 Å². The van der Waals surface area contributed by atoms with Crippen molar-refractivity contribution in [3.8, 4) is 5.75 Å². The Morgan fingerprint density at radius 3 is 2.08 bits per heavy atom. The zero-order valence-electron chi connectivity index (χ0n) is 14.5. The van der Waals surface area contributed by atoms with Crippen LogP contribution in [0.2, 0.25) is 0 Å². The van der Waals surface area contributed by atoms with E-state index < -0.39 is 0 Å². The predicted molar refractivity (Wildman–Crippen MR) is 94.6 cm³/mol. The van der Waals surface area contributed by atoms with Crippen LogP contribution in [0, 0.1) is 5.92 Å². The number of ether oxygens (including phenoxy) is 2. The van der Waals surface area contributed by atoms with Crippen molar-refractivity contribution in [3.63, 3.8) is 0 Å². The van der Waals surface area contributed by atoms with Gasteiger partial charge in [0.2, 0.25) is 0 Å². The van der Waals surface area contributed by atoms with Crippen LogP contribution in [0.1, 0.15) is 39.0 Å². The molecule has 1 aliphatic carbocycles. The van der Waals surface area contributed by atoms with E-state index in [2.05, 4.69) is 17.9 Å². The van der Waals surface area contributed by atoms with Gasteiger partial charge in [0.05, 0.1) is 7.11 Å². The molecule has 130 valence electrons. The molecule has 2 rings (SSSR count). The first kappa shape index (κ1) is 19.7. The van der Waals surface area contributed by atoms with Gasteiger partial charge in [0.1, 0.15) is 5.75 Å². The van der Waals surface area contributed by atoms with E-state index in [9.17, 15) is 9.59 Å². The number of carbonyl (C=O) groups is 2. The van der Waals surface area contributed by atoms with Crippen molar-refractivity contribution in [1.29, 1.82) is 0 Å². The summed E-state index contributed by atoms with van der Waals surface area (Å²) in [6.45, 7) is 8.87. The Kier molecular flexibility index (Phi) is 8.55. The van der Waals surface area contributed by atoms with Crippen LogP contribution in [0.25, 0.3) is 0 Å². The Bertz CT molecular complexity index is 569. The van der Waals surface area contributed by atoms with E-state index >= 15 is 0 Å². The Hall–Kier alpha value is -2.36. The monoisotopic (exact) mass is 330 g/mol. The molecule has 24 heavy (non-hydrogen) atoms. The summed E-state index contributed by atoms with van der Waals surface area (Å²) in [7, 11) is 1.41. The SMILES string of the molecule is C=C(C(=O)OC)C1CCCCC1.C=C(C)C(=O)Oc1ccccc1. The van der Waals surface area contributed by atoms with Crippen LogP contribution in [0.15, 0.2) is 54.6 Å². The third kappa shape index (κ3) is 6.82. The van der Waals surface area contributed by atoms with E-state index in [1.165, 1.54) is 26.4 Å². The highest BCUT2D eigenvalue weighted by Gasteiger charge is 2.21. The fraction of sp³-hybridized carbons (Fsp3) is 0.400. The molecule has 0 heterocycles. The second-order valence-corrected chi connectivity index (χ2v) is 5.83. The molecule has 1 aliphatic rings. The summed E-state index contributed by atoms with van der Waals surface area (Å²) in [5.74, 6) is 0.305. The maximum Gasteiger partial charge on any atom is 0.338 e. The number of esters is 2. The van der Waals surface area contributed by atoms with Crippen molar-refractivity contribution in [2.75, 3.05) is 7.11 Å². The number of para-hydroxylation sites is 1.